The topological polar surface area (TPSA) is 12.0 Å². The van der Waals surface area contributed by atoms with Crippen LogP contribution < -0.4 is 5.32 Å². The molecule has 0 bridgehead atoms. The molecule has 0 amide bonds. The van der Waals surface area contributed by atoms with Crippen molar-refractivity contribution in [3.8, 4) is 11.1 Å². The van der Waals surface area contributed by atoms with Gasteiger partial charge in [0.1, 0.15) is 0 Å². The predicted molar refractivity (Wildman–Crippen MR) is 74.3 cm³/mol. The van der Waals surface area contributed by atoms with Crippen LogP contribution in [0.5, 0.6) is 0 Å². The number of nitrogens with one attached hydrogen (secondary N) is 1. The quantitative estimate of drug-likeness (QED) is 0.856. The molecule has 0 heterocycles. The lowest BCUT2D eigenvalue weighted by Gasteiger charge is -2.16. The van der Waals surface area contributed by atoms with Crippen molar-refractivity contribution in [1.82, 2.24) is 5.32 Å². The Morgan fingerprint density at radius 2 is 1.47 bits per heavy atom. The molecule has 2 aromatic rings. The first kappa shape index (κ1) is 13.7. The highest BCUT2D eigenvalue weighted by Gasteiger charge is 2.30. The Balaban J connectivity index is 2.19. The molecule has 1 N–H and O–H groups in total. The molecule has 2 rings (SSSR count). The number of hydrogen-bond acceptors (Lipinski definition) is 1. The second-order valence-electron chi connectivity index (χ2n) is 4.50. The lowest BCUT2D eigenvalue weighted by atomic mass is 10.00. The third-order valence-corrected chi connectivity index (χ3v) is 3.10. The largest absolute Gasteiger partial charge is 0.320 e. The number of halogens is 2. The summed E-state index contributed by atoms with van der Waals surface area (Å²) >= 11 is 0. The van der Waals surface area contributed by atoms with E-state index in [0.29, 0.717) is 6.54 Å². The van der Waals surface area contributed by atoms with Gasteiger partial charge in [0, 0.05) is 18.5 Å². The molecule has 100 valence electrons. The van der Waals surface area contributed by atoms with Gasteiger partial charge in [0.25, 0.3) is 5.92 Å². The van der Waals surface area contributed by atoms with Crippen molar-refractivity contribution in [2.75, 3.05) is 13.6 Å². The summed E-state index contributed by atoms with van der Waals surface area (Å²) in [7, 11) is 1.68. The highest BCUT2D eigenvalue weighted by Crippen LogP contribution is 2.32. The highest BCUT2D eigenvalue weighted by atomic mass is 19.3. The molecule has 0 saturated carbocycles. The number of benzene rings is 2. The fourth-order valence-electron chi connectivity index (χ4n) is 1.96. The van der Waals surface area contributed by atoms with Gasteiger partial charge in [-0.15, -0.1) is 0 Å². The zero-order valence-corrected chi connectivity index (χ0v) is 10.9. The Hall–Kier alpha value is -1.74. The van der Waals surface area contributed by atoms with Crippen molar-refractivity contribution in [2.24, 2.45) is 0 Å². The van der Waals surface area contributed by atoms with E-state index in [1.54, 1.807) is 19.2 Å². The maximum Gasteiger partial charge on any atom is 0.274 e. The van der Waals surface area contributed by atoms with Crippen LogP contribution in [0.4, 0.5) is 8.78 Å². The molecule has 0 aliphatic carbocycles. The molecule has 0 unspecified atom stereocenters. The average molecular weight is 261 g/mol. The molecule has 0 aliphatic heterocycles. The van der Waals surface area contributed by atoms with Crippen molar-refractivity contribution >= 4 is 0 Å². The van der Waals surface area contributed by atoms with Crippen LogP contribution in [0, 0.1) is 0 Å². The van der Waals surface area contributed by atoms with Gasteiger partial charge in [-0.05, 0) is 18.2 Å². The van der Waals surface area contributed by atoms with E-state index in [-0.39, 0.29) is 12.0 Å². The number of rotatable bonds is 5. The minimum absolute atomic E-state index is 0.0717. The van der Waals surface area contributed by atoms with Gasteiger partial charge in [0.2, 0.25) is 0 Å². The fourth-order valence-corrected chi connectivity index (χ4v) is 1.96. The summed E-state index contributed by atoms with van der Waals surface area (Å²) in [4.78, 5) is 0. The second kappa shape index (κ2) is 5.93. The van der Waals surface area contributed by atoms with Crippen LogP contribution in [0.1, 0.15) is 12.0 Å². The smallest absolute Gasteiger partial charge is 0.274 e. The standard InChI is InChI=1S/C16H17F2N/c1-19-12-11-16(17,18)15-9-7-14(8-10-15)13-5-3-2-4-6-13/h2-10,19H,11-12H2,1H3. The Bertz CT molecular complexity index is 506. The van der Waals surface area contributed by atoms with Crippen molar-refractivity contribution in [2.45, 2.75) is 12.3 Å². The molecule has 2 aromatic carbocycles. The Kier molecular flexibility index (Phi) is 4.27. The first-order valence-corrected chi connectivity index (χ1v) is 6.32. The fraction of sp³-hybridized carbons (Fsp3) is 0.250. The molecule has 1 nitrogen and oxygen atoms in total. The van der Waals surface area contributed by atoms with E-state index in [4.69, 9.17) is 0 Å². The maximum atomic E-state index is 13.8. The number of alkyl halides is 2. The minimum atomic E-state index is -2.78. The van der Waals surface area contributed by atoms with Crippen LogP contribution in [-0.4, -0.2) is 13.6 Å². The summed E-state index contributed by atoms with van der Waals surface area (Å²) in [6.45, 7) is 0.299. The normalized spacial score (nSPS) is 11.5. The van der Waals surface area contributed by atoms with Crippen LogP contribution in [0.15, 0.2) is 54.6 Å². The molecular weight excluding hydrogens is 244 g/mol. The van der Waals surface area contributed by atoms with Gasteiger partial charge < -0.3 is 5.32 Å². The van der Waals surface area contributed by atoms with Gasteiger partial charge in [-0.2, -0.15) is 0 Å². The molecule has 0 aromatic heterocycles. The van der Waals surface area contributed by atoms with E-state index in [2.05, 4.69) is 5.32 Å². The van der Waals surface area contributed by atoms with Crippen LogP contribution in [-0.2, 0) is 5.92 Å². The molecule has 19 heavy (non-hydrogen) atoms. The second-order valence-corrected chi connectivity index (χ2v) is 4.50. The molecule has 3 heteroatoms. The first-order chi connectivity index (χ1) is 9.13. The van der Waals surface area contributed by atoms with Gasteiger partial charge in [-0.1, -0.05) is 54.6 Å². The minimum Gasteiger partial charge on any atom is -0.320 e. The van der Waals surface area contributed by atoms with Crippen LogP contribution in [0.25, 0.3) is 11.1 Å². The summed E-state index contributed by atoms with van der Waals surface area (Å²) < 4.78 is 27.7. The van der Waals surface area contributed by atoms with Gasteiger partial charge in [0.15, 0.2) is 0 Å². The van der Waals surface area contributed by atoms with E-state index in [1.165, 1.54) is 12.1 Å². The van der Waals surface area contributed by atoms with Crippen molar-refractivity contribution in [3.63, 3.8) is 0 Å². The molecule has 0 radical (unpaired) electrons. The molecule has 0 fully saturated rings. The third-order valence-electron chi connectivity index (χ3n) is 3.10. The van der Waals surface area contributed by atoms with Gasteiger partial charge in [0.05, 0.1) is 0 Å². The van der Waals surface area contributed by atoms with E-state index >= 15 is 0 Å². The molecule has 0 aliphatic rings. The van der Waals surface area contributed by atoms with E-state index < -0.39 is 5.92 Å². The van der Waals surface area contributed by atoms with Crippen molar-refractivity contribution in [3.05, 3.63) is 60.2 Å². The monoisotopic (exact) mass is 261 g/mol. The maximum absolute atomic E-state index is 13.8. The Morgan fingerprint density at radius 3 is 2.05 bits per heavy atom. The summed E-state index contributed by atoms with van der Waals surface area (Å²) in [6.07, 6.45) is -0.186. The van der Waals surface area contributed by atoms with Crippen LogP contribution in [0.2, 0.25) is 0 Å². The average Bonchev–Trinajstić information content (AvgIpc) is 2.46. The van der Waals surface area contributed by atoms with Gasteiger partial charge in [-0.3, -0.25) is 0 Å². The van der Waals surface area contributed by atoms with Crippen LogP contribution in [0.3, 0.4) is 0 Å². The van der Waals surface area contributed by atoms with Gasteiger partial charge in [-0.25, -0.2) is 8.78 Å². The van der Waals surface area contributed by atoms with Gasteiger partial charge >= 0.3 is 0 Å². The highest BCUT2D eigenvalue weighted by molar-refractivity contribution is 5.63. The zero-order chi connectivity index (χ0) is 13.7. The molecule has 0 spiro atoms. The molecule has 0 atom stereocenters. The van der Waals surface area contributed by atoms with Crippen LogP contribution >= 0.6 is 0 Å². The van der Waals surface area contributed by atoms with Crippen molar-refractivity contribution in [1.29, 1.82) is 0 Å². The lowest BCUT2D eigenvalue weighted by Crippen LogP contribution is -2.20. The van der Waals surface area contributed by atoms with E-state index in [0.717, 1.165) is 11.1 Å². The lowest BCUT2D eigenvalue weighted by molar-refractivity contribution is -0.0123. The van der Waals surface area contributed by atoms with E-state index in [9.17, 15) is 8.78 Å². The molecule has 0 saturated heterocycles. The predicted octanol–water partition coefficient (Wildman–Crippen LogP) is 4.05. The number of hydrogen-bond donors (Lipinski definition) is 1. The molecular formula is C16H17F2N. The summed E-state index contributed by atoms with van der Waals surface area (Å²) in [5.41, 5.74) is 2.06. The summed E-state index contributed by atoms with van der Waals surface area (Å²) in [6, 6.07) is 16.3. The SMILES string of the molecule is CNCCC(F)(F)c1ccc(-c2ccccc2)cc1. The Morgan fingerprint density at radius 1 is 0.895 bits per heavy atom. The Labute approximate surface area is 112 Å². The zero-order valence-electron chi connectivity index (χ0n) is 10.9. The first-order valence-electron chi connectivity index (χ1n) is 6.32. The summed E-state index contributed by atoms with van der Waals surface area (Å²) in [5.74, 6) is -2.78. The summed E-state index contributed by atoms with van der Waals surface area (Å²) in [5, 5.41) is 2.75. The van der Waals surface area contributed by atoms with Crippen molar-refractivity contribution < 1.29 is 8.78 Å². The van der Waals surface area contributed by atoms with E-state index in [1.807, 2.05) is 30.3 Å². The third kappa shape index (κ3) is 3.38.